The zero-order valence-electron chi connectivity index (χ0n) is 11.8. The highest BCUT2D eigenvalue weighted by atomic mass is 15.1. The molecule has 0 aromatic rings. The fourth-order valence-electron chi connectivity index (χ4n) is 2.78. The van der Waals surface area contributed by atoms with Gasteiger partial charge in [-0.1, -0.05) is 20.3 Å². The van der Waals surface area contributed by atoms with Crippen LogP contribution in [0.25, 0.3) is 0 Å². The lowest BCUT2D eigenvalue weighted by Gasteiger charge is -2.37. The second-order valence-electron chi connectivity index (χ2n) is 6.62. The molecular weight excluding hydrogens is 196 g/mol. The predicted molar refractivity (Wildman–Crippen MR) is 71.8 cm³/mol. The Bertz CT molecular complexity index is 199. The van der Waals surface area contributed by atoms with Crippen molar-refractivity contribution in [2.45, 2.75) is 65.0 Å². The maximum atomic E-state index is 3.80. The molecule has 1 N–H and O–H groups in total. The molecule has 2 heteroatoms. The maximum absolute atomic E-state index is 3.80. The van der Waals surface area contributed by atoms with Crippen molar-refractivity contribution in [2.24, 2.45) is 5.41 Å². The van der Waals surface area contributed by atoms with Crippen molar-refractivity contribution in [1.29, 1.82) is 0 Å². The molecule has 96 valence electrons. The third-order valence-corrected chi connectivity index (χ3v) is 3.73. The molecule has 0 aromatic heterocycles. The molecule has 16 heavy (non-hydrogen) atoms. The quantitative estimate of drug-likeness (QED) is 0.775. The third kappa shape index (κ3) is 5.31. The van der Waals surface area contributed by atoms with Gasteiger partial charge in [-0.3, -0.25) is 0 Å². The predicted octanol–water partition coefficient (Wildman–Crippen LogP) is 2.89. The SMILES string of the molecule is CC(CCN(C)C)NC1CCCC(C)(C)C1. The molecule has 0 aliphatic heterocycles. The van der Waals surface area contributed by atoms with Gasteiger partial charge < -0.3 is 10.2 Å². The highest BCUT2D eigenvalue weighted by Crippen LogP contribution is 2.35. The highest BCUT2D eigenvalue weighted by molar-refractivity contribution is 4.84. The molecule has 0 amide bonds. The van der Waals surface area contributed by atoms with Gasteiger partial charge in [0, 0.05) is 12.1 Å². The molecule has 0 saturated heterocycles. The Morgan fingerprint density at radius 2 is 2.06 bits per heavy atom. The molecule has 1 aliphatic carbocycles. The fourth-order valence-corrected chi connectivity index (χ4v) is 2.78. The van der Waals surface area contributed by atoms with E-state index in [4.69, 9.17) is 0 Å². The Balaban J connectivity index is 2.25. The van der Waals surface area contributed by atoms with E-state index in [1.165, 1.54) is 38.6 Å². The lowest BCUT2D eigenvalue weighted by Crippen LogP contribution is -2.42. The second kappa shape index (κ2) is 6.02. The molecule has 1 saturated carbocycles. The van der Waals surface area contributed by atoms with Crippen molar-refractivity contribution < 1.29 is 0 Å². The zero-order chi connectivity index (χ0) is 12.2. The molecule has 0 bridgehead atoms. The third-order valence-electron chi connectivity index (χ3n) is 3.73. The van der Waals surface area contributed by atoms with Crippen LogP contribution in [0.15, 0.2) is 0 Å². The number of rotatable bonds is 5. The van der Waals surface area contributed by atoms with Gasteiger partial charge in [0.1, 0.15) is 0 Å². The van der Waals surface area contributed by atoms with E-state index in [9.17, 15) is 0 Å². The van der Waals surface area contributed by atoms with Gasteiger partial charge in [0.25, 0.3) is 0 Å². The lowest BCUT2D eigenvalue weighted by atomic mass is 9.75. The van der Waals surface area contributed by atoms with Crippen LogP contribution in [0.5, 0.6) is 0 Å². The Morgan fingerprint density at radius 3 is 2.62 bits per heavy atom. The summed E-state index contributed by atoms with van der Waals surface area (Å²) in [6.45, 7) is 8.33. The van der Waals surface area contributed by atoms with E-state index in [1.54, 1.807) is 0 Å². The van der Waals surface area contributed by atoms with E-state index < -0.39 is 0 Å². The summed E-state index contributed by atoms with van der Waals surface area (Å²) in [5, 5.41) is 3.80. The Morgan fingerprint density at radius 1 is 1.38 bits per heavy atom. The van der Waals surface area contributed by atoms with Gasteiger partial charge in [0.05, 0.1) is 0 Å². The molecule has 2 atom stereocenters. The molecule has 1 fully saturated rings. The summed E-state index contributed by atoms with van der Waals surface area (Å²) in [6, 6.07) is 1.40. The monoisotopic (exact) mass is 226 g/mol. The fraction of sp³-hybridized carbons (Fsp3) is 1.00. The van der Waals surface area contributed by atoms with Crippen molar-refractivity contribution in [3.63, 3.8) is 0 Å². The van der Waals surface area contributed by atoms with Crippen LogP contribution in [0, 0.1) is 5.41 Å². The first-order valence-electron chi connectivity index (χ1n) is 6.80. The van der Waals surface area contributed by atoms with Crippen LogP contribution in [-0.4, -0.2) is 37.6 Å². The average molecular weight is 226 g/mol. The van der Waals surface area contributed by atoms with E-state index in [1.807, 2.05) is 0 Å². The molecule has 0 radical (unpaired) electrons. The van der Waals surface area contributed by atoms with Gasteiger partial charge in [-0.25, -0.2) is 0 Å². The number of hydrogen-bond acceptors (Lipinski definition) is 2. The Labute approximate surface area is 102 Å². The summed E-state index contributed by atoms with van der Waals surface area (Å²) in [5.74, 6) is 0. The summed E-state index contributed by atoms with van der Waals surface area (Å²) < 4.78 is 0. The first-order valence-corrected chi connectivity index (χ1v) is 6.80. The molecule has 0 spiro atoms. The van der Waals surface area contributed by atoms with Crippen LogP contribution < -0.4 is 5.32 Å². The van der Waals surface area contributed by atoms with E-state index in [2.05, 4.69) is 45.1 Å². The molecule has 1 aliphatic rings. The average Bonchev–Trinajstić information content (AvgIpc) is 2.13. The van der Waals surface area contributed by atoms with Gasteiger partial charge in [-0.15, -0.1) is 0 Å². The highest BCUT2D eigenvalue weighted by Gasteiger charge is 2.28. The van der Waals surface area contributed by atoms with Gasteiger partial charge >= 0.3 is 0 Å². The topological polar surface area (TPSA) is 15.3 Å². The van der Waals surface area contributed by atoms with Crippen molar-refractivity contribution in [3.8, 4) is 0 Å². The van der Waals surface area contributed by atoms with Gasteiger partial charge in [0.15, 0.2) is 0 Å². The minimum atomic E-state index is 0.553. The van der Waals surface area contributed by atoms with Crippen molar-refractivity contribution in [2.75, 3.05) is 20.6 Å². The van der Waals surface area contributed by atoms with Crippen LogP contribution in [0.1, 0.15) is 52.9 Å². The summed E-state index contributed by atoms with van der Waals surface area (Å²) in [6.07, 6.45) is 6.77. The van der Waals surface area contributed by atoms with Crippen LogP contribution in [0.4, 0.5) is 0 Å². The number of hydrogen-bond donors (Lipinski definition) is 1. The van der Waals surface area contributed by atoms with E-state index in [0.29, 0.717) is 11.5 Å². The standard InChI is InChI=1S/C14H30N2/c1-12(8-10-16(4)5)15-13-7-6-9-14(2,3)11-13/h12-13,15H,6-11H2,1-5H3. The van der Waals surface area contributed by atoms with E-state index in [-0.39, 0.29) is 0 Å². The molecule has 2 unspecified atom stereocenters. The van der Waals surface area contributed by atoms with Crippen LogP contribution in [0.2, 0.25) is 0 Å². The Hall–Kier alpha value is -0.0800. The summed E-state index contributed by atoms with van der Waals surface area (Å²) >= 11 is 0. The lowest BCUT2D eigenvalue weighted by molar-refractivity contribution is 0.187. The molecule has 1 rings (SSSR count). The minimum absolute atomic E-state index is 0.553. The number of nitrogens with zero attached hydrogens (tertiary/aromatic N) is 1. The molecule has 0 heterocycles. The van der Waals surface area contributed by atoms with Crippen molar-refractivity contribution in [3.05, 3.63) is 0 Å². The van der Waals surface area contributed by atoms with Gasteiger partial charge in [-0.2, -0.15) is 0 Å². The molecule has 0 aromatic carbocycles. The number of nitrogens with one attached hydrogen (secondary N) is 1. The van der Waals surface area contributed by atoms with Crippen LogP contribution >= 0.6 is 0 Å². The molecular formula is C14H30N2. The van der Waals surface area contributed by atoms with E-state index >= 15 is 0 Å². The maximum Gasteiger partial charge on any atom is 0.00746 e. The van der Waals surface area contributed by atoms with E-state index in [0.717, 1.165) is 6.04 Å². The van der Waals surface area contributed by atoms with Gasteiger partial charge in [0.2, 0.25) is 0 Å². The first-order chi connectivity index (χ1) is 7.39. The van der Waals surface area contributed by atoms with Crippen LogP contribution in [-0.2, 0) is 0 Å². The summed E-state index contributed by atoms with van der Waals surface area (Å²) in [4.78, 5) is 2.27. The normalized spacial score (nSPS) is 27.0. The smallest absolute Gasteiger partial charge is 0.00746 e. The van der Waals surface area contributed by atoms with Crippen molar-refractivity contribution >= 4 is 0 Å². The zero-order valence-corrected chi connectivity index (χ0v) is 11.8. The van der Waals surface area contributed by atoms with Gasteiger partial charge in [-0.05, 0) is 58.7 Å². The summed E-state index contributed by atoms with van der Waals surface area (Å²) in [5.41, 5.74) is 0.553. The van der Waals surface area contributed by atoms with Crippen LogP contribution in [0.3, 0.4) is 0 Å². The summed E-state index contributed by atoms with van der Waals surface area (Å²) in [7, 11) is 4.30. The minimum Gasteiger partial charge on any atom is -0.311 e. The largest absolute Gasteiger partial charge is 0.311 e. The molecule has 2 nitrogen and oxygen atoms in total. The second-order valence-corrected chi connectivity index (χ2v) is 6.62. The first kappa shape index (κ1) is 14.0. The Kier molecular flexibility index (Phi) is 5.26. The van der Waals surface area contributed by atoms with Crippen molar-refractivity contribution in [1.82, 2.24) is 10.2 Å².